The quantitative estimate of drug-likeness (QED) is 0.188. The third-order valence-corrected chi connectivity index (χ3v) is 9.96. The SMILES string of the molecule is c1cc(-c2cc(-n3c4ccncc4c4cnccc43)cc(-n3c4ccncc4c4cnccc43)c2)cc(-n2c3ccncc3c3cnccc32)c1. The molecule has 9 heterocycles. The van der Waals surface area contributed by atoms with Crippen molar-refractivity contribution in [3.63, 3.8) is 0 Å². The van der Waals surface area contributed by atoms with Crippen LogP contribution in [-0.4, -0.2) is 43.6 Å². The molecule has 0 aliphatic carbocycles. The monoisotopic (exact) mass is 655 g/mol. The molecule has 11 rings (SSSR count). The summed E-state index contributed by atoms with van der Waals surface area (Å²) in [5.74, 6) is 0. The topological polar surface area (TPSA) is 92.1 Å². The van der Waals surface area contributed by atoms with Gasteiger partial charge in [0.25, 0.3) is 0 Å². The number of aromatic nitrogens is 9. The molecule has 0 aliphatic rings. The summed E-state index contributed by atoms with van der Waals surface area (Å²) >= 11 is 0. The number of hydrogen-bond donors (Lipinski definition) is 0. The van der Waals surface area contributed by atoms with Crippen molar-refractivity contribution in [1.29, 1.82) is 0 Å². The zero-order valence-electron chi connectivity index (χ0n) is 27.0. The molecule has 0 amide bonds. The molecule has 0 aliphatic heterocycles. The molecule has 0 saturated heterocycles. The second-order valence-corrected chi connectivity index (χ2v) is 12.7. The van der Waals surface area contributed by atoms with Crippen LogP contribution in [0.1, 0.15) is 0 Å². The first-order valence-electron chi connectivity index (χ1n) is 16.6. The highest BCUT2D eigenvalue weighted by Crippen LogP contribution is 2.38. The van der Waals surface area contributed by atoms with Crippen molar-refractivity contribution in [3.8, 4) is 28.2 Å². The van der Waals surface area contributed by atoms with E-state index >= 15 is 0 Å². The Morgan fingerprint density at radius 3 is 0.961 bits per heavy atom. The van der Waals surface area contributed by atoms with Crippen LogP contribution in [0.15, 0.2) is 153 Å². The fourth-order valence-corrected chi connectivity index (χ4v) is 7.81. The molecule has 11 aromatic rings. The van der Waals surface area contributed by atoms with Gasteiger partial charge in [0.05, 0.1) is 33.1 Å². The number of pyridine rings is 6. The lowest BCUT2D eigenvalue weighted by atomic mass is 10.0. The third kappa shape index (κ3) is 4.03. The van der Waals surface area contributed by atoms with E-state index < -0.39 is 0 Å². The maximum Gasteiger partial charge on any atom is 0.0572 e. The molecular formula is C42H25N9. The van der Waals surface area contributed by atoms with Gasteiger partial charge in [0.1, 0.15) is 0 Å². The van der Waals surface area contributed by atoms with E-state index in [0.29, 0.717) is 0 Å². The maximum absolute atomic E-state index is 4.47. The minimum Gasteiger partial charge on any atom is -0.309 e. The first kappa shape index (κ1) is 27.7. The average Bonchev–Trinajstić information content (AvgIpc) is 3.84. The standard InChI is InChI=1S/C42H25N9/c1-2-26(16-28(3-1)49-37-4-10-43-20-31(37)32-21-44-11-5-38(32)49)27-17-29(50-39-6-12-45-22-33(39)34-23-46-13-7-40(34)50)19-30(18-27)51-41-8-14-47-24-35(41)36-25-48-15-9-42(36)51/h1-25H. The Morgan fingerprint density at radius 1 is 0.294 bits per heavy atom. The van der Waals surface area contributed by atoms with Gasteiger partial charge in [-0.15, -0.1) is 0 Å². The Balaban J connectivity index is 1.22. The molecule has 0 radical (unpaired) electrons. The van der Waals surface area contributed by atoms with E-state index in [1.807, 2.05) is 74.4 Å². The molecule has 0 atom stereocenters. The number of fused-ring (bicyclic) bond motifs is 9. The summed E-state index contributed by atoms with van der Waals surface area (Å²) in [6.45, 7) is 0. The van der Waals surface area contributed by atoms with Gasteiger partial charge in [-0.05, 0) is 77.9 Å². The van der Waals surface area contributed by atoms with E-state index in [1.54, 1.807) is 0 Å². The van der Waals surface area contributed by atoms with Gasteiger partial charge < -0.3 is 13.7 Å². The Kier molecular flexibility index (Phi) is 5.76. The molecule has 0 saturated carbocycles. The van der Waals surface area contributed by atoms with Gasteiger partial charge in [-0.25, -0.2) is 0 Å². The van der Waals surface area contributed by atoms with Crippen LogP contribution in [0.2, 0.25) is 0 Å². The molecule has 0 unspecified atom stereocenters. The summed E-state index contributed by atoms with van der Waals surface area (Å²) in [4.78, 5) is 26.7. The van der Waals surface area contributed by atoms with Crippen molar-refractivity contribution in [1.82, 2.24) is 43.6 Å². The van der Waals surface area contributed by atoms with Crippen LogP contribution >= 0.6 is 0 Å². The Morgan fingerprint density at radius 2 is 0.608 bits per heavy atom. The van der Waals surface area contributed by atoms with Gasteiger partial charge >= 0.3 is 0 Å². The lowest BCUT2D eigenvalue weighted by Gasteiger charge is -2.16. The largest absolute Gasteiger partial charge is 0.309 e. The summed E-state index contributed by atoms with van der Waals surface area (Å²) in [5, 5.41) is 6.36. The van der Waals surface area contributed by atoms with E-state index in [1.165, 1.54) is 0 Å². The van der Waals surface area contributed by atoms with Crippen LogP contribution in [0.4, 0.5) is 0 Å². The van der Waals surface area contributed by atoms with E-state index in [-0.39, 0.29) is 0 Å². The van der Waals surface area contributed by atoms with Crippen molar-refractivity contribution < 1.29 is 0 Å². The average molecular weight is 656 g/mol. The second-order valence-electron chi connectivity index (χ2n) is 12.7. The van der Waals surface area contributed by atoms with Gasteiger partial charge in [0.15, 0.2) is 0 Å². The molecule has 51 heavy (non-hydrogen) atoms. The van der Waals surface area contributed by atoms with E-state index in [2.05, 4.69) is 122 Å². The molecule has 0 spiro atoms. The van der Waals surface area contributed by atoms with E-state index in [9.17, 15) is 0 Å². The molecule has 2 aromatic carbocycles. The number of nitrogens with zero attached hydrogens (tertiary/aromatic N) is 9. The van der Waals surface area contributed by atoms with Crippen LogP contribution in [0, 0.1) is 0 Å². The fourth-order valence-electron chi connectivity index (χ4n) is 7.81. The lowest BCUT2D eigenvalue weighted by Crippen LogP contribution is -2.00. The summed E-state index contributed by atoms with van der Waals surface area (Å²) in [6, 6.07) is 28.0. The zero-order chi connectivity index (χ0) is 33.5. The smallest absolute Gasteiger partial charge is 0.0572 e. The zero-order valence-corrected chi connectivity index (χ0v) is 27.0. The van der Waals surface area contributed by atoms with Crippen molar-refractivity contribution in [2.24, 2.45) is 0 Å². The van der Waals surface area contributed by atoms with Gasteiger partial charge in [0.2, 0.25) is 0 Å². The summed E-state index contributed by atoms with van der Waals surface area (Å²) in [7, 11) is 0. The molecular weight excluding hydrogens is 631 g/mol. The van der Waals surface area contributed by atoms with Gasteiger partial charge in [-0.3, -0.25) is 29.9 Å². The summed E-state index contributed by atoms with van der Waals surface area (Å²) < 4.78 is 6.92. The first-order chi connectivity index (χ1) is 25.3. The van der Waals surface area contributed by atoms with Crippen molar-refractivity contribution in [2.45, 2.75) is 0 Å². The minimum atomic E-state index is 1.03. The predicted molar refractivity (Wildman–Crippen MR) is 202 cm³/mol. The number of benzene rings is 2. The third-order valence-electron chi connectivity index (χ3n) is 9.96. The summed E-state index contributed by atoms with van der Waals surface area (Å²) in [5.41, 5.74) is 11.7. The molecule has 9 nitrogen and oxygen atoms in total. The van der Waals surface area contributed by atoms with Crippen molar-refractivity contribution in [3.05, 3.63) is 153 Å². The first-order valence-corrected chi connectivity index (χ1v) is 16.6. The molecule has 238 valence electrons. The van der Waals surface area contributed by atoms with Crippen molar-refractivity contribution >= 4 is 65.4 Å². The van der Waals surface area contributed by atoms with E-state index in [4.69, 9.17) is 0 Å². The highest BCUT2D eigenvalue weighted by atomic mass is 15.0. The fraction of sp³-hybridized carbons (Fsp3) is 0. The van der Waals surface area contributed by atoms with Crippen LogP contribution in [0.3, 0.4) is 0 Å². The molecule has 0 bridgehead atoms. The van der Waals surface area contributed by atoms with Crippen LogP contribution in [-0.2, 0) is 0 Å². The van der Waals surface area contributed by atoms with Gasteiger partial charge in [-0.2, -0.15) is 0 Å². The molecule has 0 fully saturated rings. The Hall–Kier alpha value is -7.26. The van der Waals surface area contributed by atoms with Crippen molar-refractivity contribution in [2.75, 3.05) is 0 Å². The van der Waals surface area contributed by atoms with Crippen LogP contribution in [0.25, 0.3) is 93.6 Å². The number of hydrogen-bond acceptors (Lipinski definition) is 6. The number of rotatable bonds is 4. The van der Waals surface area contributed by atoms with Crippen LogP contribution < -0.4 is 0 Å². The highest BCUT2D eigenvalue weighted by molar-refractivity contribution is 6.10. The predicted octanol–water partition coefficient (Wildman–Crippen LogP) is 9.01. The van der Waals surface area contributed by atoms with Gasteiger partial charge in [-0.1, -0.05) is 12.1 Å². The minimum absolute atomic E-state index is 1.03. The second kappa shape index (κ2) is 10.6. The van der Waals surface area contributed by atoms with Gasteiger partial charge in [0, 0.05) is 124 Å². The summed E-state index contributed by atoms with van der Waals surface area (Å²) in [6.07, 6.45) is 22.6. The van der Waals surface area contributed by atoms with E-state index in [0.717, 1.165) is 93.6 Å². The molecule has 9 heteroatoms. The van der Waals surface area contributed by atoms with Crippen LogP contribution in [0.5, 0.6) is 0 Å². The molecule has 0 N–H and O–H groups in total. The lowest BCUT2D eigenvalue weighted by molar-refractivity contribution is 1.13. The maximum atomic E-state index is 4.47. The molecule has 9 aromatic heterocycles. The highest BCUT2D eigenvalue weighted by Gasteiger charge is 2.19. The normalized spacial score (nSPS) is 11.9. The Labute approximate surface area is 289 Å². The Bertz CT molecular complexity index is 2880.